The molecule has 2 N–H and O–H groups in total. The lowest BCUT2D eigenvalue weighted by Gasteiger charge is -2.29. The lowest BCUT2D eigenvalue weighted by Crippen LogP contribution is -2.41. The minimum atomic E-state index is -3.69. The lowest BCUT2D eigenvalue weighted by atomic mass is 9.86. The van der Waals surface area contributed by atoms with Gasteiger partial charge in [-0.05, 0) is 62.1 Å². The fourth-order valence-corrected chi connectivity index (χ4v) is 4.46. The molecule has 3 rings (SSSR count). The Morgan fingerprint density at radius 3 is 2.22 bits per heavy atom. The van der Waals surface area contributed by atoms with Gasteiger partial charge in [0.05, 0.1) is 4.90 Å². The van der Waals surface area contributed by atoms with E-state index < -0.39 is 10.0 Å². The topological polar surface area (TPSA) is 75.3 Å². The van der Waals surface area contributed by atoms with Gasteiger partial charge in [-0.2, -0.15) is 0 Å². The van der Waals surface area contributed by atoms with Crippen LogP contribution in [0.25, 0.3) is 0 Å². The first-order chi connectivity index (χ1) is 12.8. The molecule has 2 atom stereocenters. The molecule has 0 saturated heterocycles. The third-order valence-corrected chi connectivity index (χ3v) is 6.56. The van der Waals surface area contributed by atoms with Crippen LogP contribution in [0.4, 0.5) is 5.69 Å². The zero-order valence-electron chi connectivity index (χ0n) is 15.7. The molecule has 1 aliphatic rings. The van der Waals surface area contributed by atoms with Crippen LogP contribution in [-0.4, -0.2) is 20.4 Å². The minimum absolute atomic E-state index is 0.130. The lowest BCUT2D eigenvalue weighted by molar-refractivity contribution is 0.0910. The van der Waals surface area contributed by atoms with E-state index in [4.69, 9.17) is 0 Å². The maximum atomic E-state index is 12.5. The summed E-state index contributed by atoms with van der Waals surface area (Å²) >= 11 is 0. The van der Waals surface area contributed by atoms with Crippen molar-refractivity contribution in [2.75, 3.05) is 4.72 Å². The van der Waals surface area contributed by atoms with Gasteiger partial charge in [-0.15, -0.1) is 0 Å². The molecule has 144 valence electrons. The molecule has 0 aliphatic heterocycles. The predicted octanol–water partition coefficient (Wildman–Crippen LogP) is 4.10. The largest absolute Gasteiger partial charge is 0.349 e. The van der Waals surface area contributed by atoms with Crippen molar-refractivity contribution in [3.8, 4) is 0 Å². The number of amides is 1. The minimum Gasteiger partial charge on any atom is -0.349 e. The smallest absolute Gasteiger partial charge is 0.261 e. The third kappa shape index (κ3) is 4.89. The zero-order chi connectivity index (χ0) is 19.4. The van der Waals surface area contributed by atoms with Crippen LogP contribution in [-0.2, 0) is 10.0 Å². The summed E-state index contributed by atoms with van der Waals surface area (Å²) in [6.45, 7) is 4.10. The summed E-state index contributed by atoms with van der Waals surface area (Å²) < 4.78 is 27.6. The van der Waals surface area contributed by atoms with Gasteiger partial charge in [-0.25, -0.2) is 8.42 Å². The zero-order valence-corrected chi connectivity index (χ0v) is 16.6. The first-order valence-corrected chi connectivity index (χ1v) is 10.8. The van der Waals surface area contributed by atoms with E-state index in [0.29, 0.717) is 17.2 Å². The highest BCUT2D eigenvalue weighted by molar-refractivity contribution is 7.92. The van der Waals surface area contributed by atoms with Gasteiger partial charge in [0.1, 0.15) is 0 Å². The molecule has 0 aromatic heterocycles. The molecule has 5 nitrogen and oxygen atoms in total. The van der Waals surface area contributed by atoms with Crippen molar-refractivity contribution in [1.82, 2.24) is 5.32 Å². The maximum Gasteiger partial charge on any atom is 0.261 e. The van der Waals surface area contributed by atoms with Gasteiger partial charge in [0.2, 0.25) is 0 Å². The second kappa shape index (κ2) is 8.13. The van der Waals surface area contributed by atoms with Crippen LogP contribution in [0.3, 0.4) is 0 Å². The number of nitrogens with one attached hydrogen (secondary N) is 2. The van der Waals surface area contributed by atoms with Crippen molar-refractivity contribution in [1.29, 1.82) is 0 Å². The number of sulfonamides is 1. The molecule has 0 radical (unpaired) electrons. The molecule has 0 unspecified atom stereocenters. The SMILES string of the molecule is Cc1ccc(NS(=O)(=O)c2ccc(C(=O)N[C@H]3CCCC[C@@H]3C)cc2)cc1. The van der Waals surface area contributed by atoms with E-state index in [9.17, 15) is 13.2 Å². The van der Waals surface area contributed by atoms with Crippen LogP contribution in [0.15, 0.2) is 53.4 Å². The molecule has 1 aliphatic carbocycles. The first kappa shape index (κ1) is 19.4. The predicted molar refractivity (Wildman–Crippen MR) is 107 cm³/mol. The molecular formula is C21H26N2O3S. The van der Waals surface area contributed by atoms with E-state index in [-0.39, 0.29) is 16.8 Å². The van der Waals surface area contributed by atoms with Gasteiger partial charge in [-0.3, -0.25) is 9.52 Å². The molecule has 0 spiro atoms. The number of rotatable bonds is 5. The quantitative estimate of drug-likeness (QED) is 0.812. The number of hydrogen-bond donors (Lipinski definition) is 2. The van der Waals surface area contributed by atoms with Crippen LogP contribution in [0.2, 0.25) is 0 Å². The average Bonchev–Trinajstić information content (AvgIpc) is 2.65. The highest BCUT2D eigenvalue weighted by atomic mass is 32.2. The summed E-state index contributed by atoms with van der Waals surface area (Å²) in [4.78, 5) is 12.6. The van der Waals surface area contributed by atoms with Crippen LogP contribution in [0, 0.1) is 12.8 Å². The summed E-state index contributed by atoms with van der Waals surface area (Å²) in [7, 11) is -3.69. The first-order valence-electron chi connectivity index (χ1n) is 9.35. The van der Waals surface area contributed by atoms with Crippen molar-refractivity contribution in [2.24, 2.45) is 5.92 Å². The summed E-state index contributed by atoms with van der Waals surface area (Å²) in [5.41, 5.74) is 2.04. The molecule has 1 saturated carbocycles. The number of aryl methyl sites for hydroxylation is 1. The second-order valence-electron chi connectivity index (χ2n) is 7.34. The molecule has 6 heteroatoms. The van der Waals surface area contributed by atoms with Crippen LogP contribution in [0.5, 0.6) is 0 Å². The van der Waals surface area contributed by atoms with Gasteiger partial charge in [0.25, 0.3) is 15.9 Å². The third-order valence-electron chi connectivity index (χ3n) is 5.16. The van der Waals surface area contributed by atoms with E-state index >= 15 is 0 Å². The summed E-state index contributed by atoms with van der Waals surface area (Å²) in [6.07, 6.45) is 4.48. The molecule has 27 heavy (non-hydrogen) atoms. The van der Waals surface area contributed by atoms with E-state index in [2.05, 4.69) is 17.0 Å². The fraction of sp³-hybridized carbons (Fsp3) is 0.381. The molecular weight excluding hydrogens is 360 g/mol. The highest BCUT2D eigenvalue weighted by Gasteiger charge is 2.23. The Kier molecular flexibility index (Phi) is 5.85. The van der Waals surface area contributed by atoms with Crippen LogP contribution in [0.1, 0.15) is 48.5 Å². The summed E-state index contributed by atoms with van der Waals surface area (Å²) in [6, 6.07) is 13.4. The van der Waals surface area contributed by atoms with Crippen LogP contribution >= 0.6 is 0 Å². The Hall–Kier alpha value is -2.34. The Balaban J connectivity index is 1.68. The molecule has 1 amide bonds. The highest BCUT2D eigenvalue weighted by Crippen LogP contribution is 2.24. The normalized spacial score (nSPS) is 20.1. The summed E-state index contributed by atoms with van der Waals surface area (Å²) in [5, 5.41) is 3.08. The van der Waals surface area contributed by atoms with Gasteiger partial charge >= 0.3 is 0 Å². The Labute approximate surface area is 161 Å². The van der Waals surface area contributed by atoms with Crippen molar-refractivity contribution < 1.29 is 13.2 Å². The fourth-order valence-electron chi connectivity index (χ4n) is 3.40. The monoisotopic (exact) mass is 386 g/mol. The number of carbonyl (C=O) groups is 1. The number of carbonyl (C=O) groups excluding carboxylic acids is 1. The van der Waals surface area contributed by atoms with Gasteiger partial charge in [0, 0.05) is 17.3 Å². The molecule has 0 bridgehead atoms. The van der Waals surface area contributed by atoms with E-state index in [0.717, 1.165) is 24.8 Å². The van der Waals surface area contributed by atoms with Gasteiger partial charge < -0.3 is 5.32 Å². The molecule has 2 aromatic rings. The van der Waals surface area contributed by atoms with Crippen molar-refractivity contribution in [2.45, 2.75) is 50.5 Å². The van der Waals surface area contributed by atoms with E-state index in [1.165, 1.54) is 18.6 Å². The Morgan fingerprint density at radius 1 is 0.963 bits per heavy atom. The summed E-state index contributed by atoms with van der Waals surface area (Å²) in [5.74, 6) is 0.324. The Morgan fingerprint density at radius 2 is 1.59 bits per heavy atom. The van der Waals surface area contributed by atoms with Crippen molar-refractivity contribution >= 4 is 21.6 Å². The molecule has 2 aromatic carbocycles. The van der Waals surface area contributed by atoms with Crippen LogP contribution < -0.4 is 10.0 Å². The number of benzene rings is 2. The van der Waals surface area contributed by atoms with E-state index in [1.807, 2.05) is 19.1 Å². The molecule has 0 heterocycles. The molecule has 1 fully saturated rings. The van der Waals surface area contributed by atoms with E-state index in [1.54, 1.807) is 24.3 Å². The standard InChI is InChI=1S/C21H26N2O3S/c1-15-7-11-18(12-8-15)23-27(25,26)19-13-9-17(10-14-19)21(24)22-20-6-4-3-5-16(20)2/h7-14,16,20,23H,3-6H2,1-2H3,(H,22,24)/t16-,20-/m0/s1. The Bertz CT molecular complexity index is 890. The maximum absolute atomic E-state index is 12.5. The van der Waals surface area contributed by atoms with Gasteiger partial charge in [0.15, 0.2) is 0 Å². The average molecular weight is 387 g/mol. The van der Waals surface area contributed by atoms with Crippen molar-refractivity contribution in [3.05, 3.63) is 59.7 Å². The number of anilines is 1. The van der Waals surface area contributed by atoms with Crippen molar-refractivity contribution in [3.63, 3.8) is 0 Å². The second-order valence-corrected chi connectivity index (χ2v) is 9.02. The van der Waals surface area contributed by atoms with Gasteiger partial charge in [-0.1, -0.05) is 37.5 Å². The number of hydrogen-bond acceptors (Lipinski definition) is 3.